The molecule has 2 aliphatic carbocycles. The monoisotopic (exact) mass is 254 g/mol. The molecule has 2 aliphatic rings. The van der Waals surface area contributed by atoms with E-state index in [4.69, 9.17) is 0 Å². The van der Waals surface area contributed by atoms with Gasteiger partial charge in [-0.05, 0) is 32.6 Å². The van der Waals surface area contributed by atoms with Crippen molar-refractivity contribution in [3.8, 4) is 0 Å². The van der Waals surface area contributed by atoms with Gasteiger partial charge in [-0.3, -0.25) is 10.1 Å². The van der Waals surface area contributed by atoms with Gasteiger partial charge in [0.25, 0.3) is 0 Å². The minimum Gasteiger partial charge on any atom is -0.394 e. The van der Waals surface area contributed by atoms with Crippen molar-refractivity contribution in [2.24, 2.45) is 0 Å². The van der Waals surface area contributed by atoms with Crippen molar-refractivity contribution in [2.75, 3.05) is 6.61 Å². The summed E-state index contributed by atoms with van der Waals surface area (Å²) in [6.45, 7) is 2.04. The van der Waals surface area contributed by atoms with Crippen LogP contribution in [-0.2, 0) is 4.79 Å². The molecule has 2 saturated carbocycles. The molecule has 0 aromatic rings. The maximum Gasteiger partial charge on any atom is 0.237 e. The quantitative estimate of drug-likeness (QED) is 0.693. The van der Waals surface area contributed by atoms with Crippen molar-refractivity contribution in [1.82, 2.24) is 10.6 Å². The van der Waals surface area contributed by atoms with Gasteiger partial charge in [-0.2, -0.15) is 0 Å². The lowest BCUT2D eigenvalue weighted by Gasteiger charge is -2.31. The molecule has 4 nitrogen and oxygen atoms in total. The summed E-state index contributed by atoms with van der Waals surface area (Å²) < 4.78 is 0. The van der Waals surface area contributed by atoms with E-state index in [1.807, 2.05) is 6.92 Å². The fourth-order valence-corrected chi connectivity index (χ4v) is 3.32. The third-order valence-electron chi connectivity index (χ3n) is 4.48. The van der Waals surface area contributed by atoms with Crippen molar-refractivity contribution in [3.63, 3.8) is 0 Å². The lowest BCUT2D eigenvalue weighted by molar-refractivity contribution is -0.124. The van der Waals surface area contributed by atoms with Crippen LogP contribution in [0.1, 0.15) is 58.3 Å². The Hall–Kier alpha value is -0.610. The Morgan fingerprint density at radius 3 is 2.44 bits per heavy atom. The van der Waals surface area contributed by atoms with Gasteiger partial charge < -0.3 is 10.4 Å². The molecule has 1 atom stereocenters. The van der Waals surface area contributed by atoms with Gasteiger partial charge in [0.2, 0.25) is 5.91 Å². The minimum atomic E-state index is -0.216. The second kappa shape index (κ2) is 6.02. The molecule has 104 valence electrons. The molecule has 0 bridgehead atoms. The molecular weight excluding hydrogens is 228 g/mol. The van der Waals surface area contributed by atoms with Gasteiger partial charge in [0, 0.05) is 11.6 Å². The number of hydrogen-bond acceptors (Lipinski definition) is 3. The first-order valence-corrected chi connectivity index (χ1v) is 7.34. The topological polar surface area (TPSA) is 61.4 Å². The van der Waals surface area contributed by atoms with E-state index in [9.17, 15) is 9.90 Å². The summed E-state index contributed by atoms with van der Waals surface area (Å²) in [5.74, 6) is 0.0848. The van der Waals surface area contributed by atoms with Crippen LogP contribution in [0.15, 0.2) is 0 Å². The zero-order valence-electron chi connectivity index (χ0n) is 11.4. The van der Waals surface area contributed by atoms with Gasteiger partial charge in [0.1, 0.15) is 0 Å². The molecule has 4 heteroatoms. The second-order valence-corrected chi connectivity index (χ2v) is 6.00. The van der Waals surface area contributed by atoms with Crippen LogP contribution in [0.4, 0.5) is 0 Å². The lowest BCUT2D eigenvalue weighted by Crippen LogP contribution is -2.56. The summed E-state index contributed by atoms with van der Waals surface area (Å²) in [7, 11) is 0. The molecule has 3 N–H and O–H groups in total. The zero-order valence-corrected chi connectivity index (χ0v) is 11.4. The molecule has 0 aromatic carbocycles. The van der Waals surface area contributed by atoms with E-state index in [1.54, 1.807) is 0 Å². The van der Waals surface area contributed by atoms with Crippen LogP contribution in [-0.4, -0.2) is 35.2 Å². The molecule has 1 unspecified atom stereocenters. The summed E-state index contributed by atoms with van der Waals surface area (Å²) in [4.78, 5) is 12.1. The van der Waals surface area contributed by atoms with Gasteiger partial charge in [-0.25, -0.2) is 0 Å². The normalized spacial score (nSPS) is 25.2. The van der Waals surface area contributed by atoms with E-state index in [0.29, 0.717) is 6.04 Å². The molecule has 18 heavy (non-hydrogen) atoms. The summed E-state index contributed by atoms with van der Waals surface area (Å²) in [6, 6.07) is 0.159. The van der Waals surface area contributed by atoms with Crippen molar-refractivity contribution < 1.29 is 9.90 Å². The number of aliphatic hydroxyl groups excluding tert-OH is 1. The summed E-state index contributed by atoms with van der Waals surface area (Å²) >= 11 is 0. The molecular formula is C14H26N2O2. The minimum absolute atomic E-state index is 0.0848. The highest BCUT2D eigenvalue weighted by Gasteiger charge is 2.35. The van der Waals surface area contributed by atoms with Gasteiger partial charge in [-0.1, -0.05) is 25.7 Å². The summed E-state index contributed by atoms with van der Waals surface area (Å²) in [5.41, 5.74) is -0.216. The van der Waals surface area contributed by atoms with Crippen molar-refractivity contribution in [1.29, 1.82) is 0 Å². The molecule has 0 aliphatic heterocycles. The Kier molecular flexibility index (Phi) is 4.62. The molecule has 0 saturated heterocycles. The molecule has 0 spiro atoms. The van der Waals surface area contributed by atoms with Crippen LogP contribution in [0.5, 0.6) is 0 Å². The van der Waals surface area contributed by atoms with Crippen molar-refractivity contribution >= 4 is 5.91 Å². The average molecular weight is 254 g/mol. The number of carbonyl (C=O) groups is 1. The van der Waals surface area contributed by atoms with Crippen LogP contribution < -0.4 is 10.6 Å². The first kappa shape index (κ1) is 13.8. The van der Waals surface area contributed by atoms with Crippen LogP contribution in [0.3, 0.4) is 0 Å². The molecule has 0 heterocycles. The van der Waals surface area contributed by atoms with Crippen molar-refractivity contribution in [3.05, 3.63) is 0 Å². The van der Waals surface area contributed by atoms with E-state index >= 15 is 0 Å². The zero-order chi connectivity index (χ0) is 13.0. The molecule has 2 rings (SSSR count). The number of hydrogen-bond donors (Lipinski definition) is 3. The smallest absolute Gasteiger partial charge is 0.237 e. The standard InChI is InChI=1S/C14H26N2O2/c1-11(13(18)15-12-6-2-3-7-12)16-14(10-17)8-4-5-9-14/h11-12,16-17H,2-10H2,1H3,(H,15,18). The Bertz CT molecular complexity index is 282. The van der Waals surface area contributed by atoms with Crippen LogP contribution in [0, 0.1) is 0 Å². The van der Waals surface area contributed by atoms with E-state index in [-0.39, 0.29) is 24.1 Å². The molecule has 2 fully saturated rings. The third kappa shape index (κ3) is 3.23. The Morgan fingerprint density at radius 2 is 1.89 bits per heavy atom. The van der Waals surface area contributed by atoms with Gasteiger partial charge in [0.05, 0.1) is 12.6 Å². The number of aliphatic hydroxyl groups is 1. The van der Waals surface area contributed by atoms with E-state index in [0.717, 1.165) is 38.5 Å². The number of rotatable bonds is 5. The van der Waals surface area contributed by atoms with Crippen LogP contribution in [0.25, 0.3) is 0 Å². The second-order valence-electron chi connectivity index (χ2n) is 6.00. The SMILES string of the molecule is CC(NC1(CO)CCCC1)C(=O)NC1CCCC1. The highest BCUT2D eigenvalue weighted by molar-refractivity contribution is 5.81. The fourth-order valence-electron chi connectivity index (χ4n) is 3.32. The van der Waals surface area contributed by atoms with Crippen LogP contribution in [0.2, 0.25) is 0 Å². The fraction of sp³-hybridized carbons (Fsp3) is 0.929. The Morgan fingerprint density at radius 1 is 1.28 bits per heavy atom. The van der Waals surface area contributed by atoms with Crippen molar-refractivity contribution in [2.45, 2.75) is 75.9 Å². The predicted molar refractivity (Wildman–Crippen MR) is 71.3 cm³/mol. The Labute approximate surface area is 110 Å². The maximum atomic E-state index is 12.1. The van der Waals surface area contributed by atoms with E-state index in [1.165, 1.54) is 12.8 Å². The number of amides is 1. The average Bonchev–Trinajstić information content (AvgIpc) is 3.01. The first-order valence-electron chi connectivity index (χ1n) is 7.34. The molecule has 1 amide bonds. The highest BCUT2D eigenvalue weighted by atomic mass is 16.3. The predicted octanol–water partition coefficient (Wildman–Crippen LogP) is 1.33. The van der Waals surface area contributed by atoms with Gasteiger partial charge in [0.15, 0.2) is 0 Å². The van der Waals surface area contributed by atoms with Gasteiger partial charge >= 0.3 is 0 Å². The van der Waals surface area contributed by atoms with E-state index in [2.05, 4.69) is 10.6 Å². The summed E-state index contributed by atoms with van der Waals surface area (Å²) in [5, 5.41) is 16.0. The summed E-state index contributed by atoms with van der Waals surface area (Å²) in [6.07, 6.45) is 8.93. The molecule has 0 aromatic heterocycles. The van der Waals surface area contributed by atoms with E-state index < -0.39 is 0 Å². The lowest BCUT2D eigenvalue weighted by atomic mass is 9.97. The maximum absolute atomic E-state index is 12.1. The van der Waals surface area contributed by atoms with Crippen LogP contribution >= 0.6 is 0 Å². The number of carbonyl (C=O) groups excluding carboxylic acids is 1. The Balaban J connectivity index is 1.82. The number of nitrogens with one attached hydrogen (secondary N) is 2. The highest BCUT2D eigenvalue weighted by Crippen LogP contribution is 2.29. The third-order valence-corrected chi connectivity index (χ3v) is 4.48. The largest absolute Gasteiger partial charge is 0.394 e. The first-order chi connectivity index (χ1) is 8.65. The molecule has 0 radical (unpaired) electrons. The van der Waals surface area contributed by atoms with Gasteiger partial charge in [-0.15, -0.1) is 0 Å².